The molecule has 1 aromatic heterocycles. The molecule has 7 heteroatoms. The summed E-state index contributed by atoms with van der Waals surface area (Å²) in [6.07, 6.45) is 2.73. The third kappa shape index (κ3) is 4.02. The van der Waals surface area contributed by atoms with E-state index in [1.807, 2.05) is 0 Å². The molecule has 0 amide bonds. The molecule has 1 aliphatic rings. The van der Waals surface area contributed by atoms with Crippen LogP contribution in [0.25, 0.3) is 0 Å². The molecule has 1 aliphatic heterocycles. The lowest BCUT2D eigenvalue weighted by Gasteiger charge is -2.27. The first-order chi connectivity index (χ1) is 9.18. The molecule has 2 N–H and O–H groups in total. The molecule has 6 nitrogen and oxygen atoms in total. The van der Waals surface area contributed by atoms with Crippen LogP contribution in [0.3, 0.4) is 0 Å². The average Bonchev–Trinajstić information content (AvgIpc) is 2.44. The Balaban J connectivity index is 1.76. The molecule has 0 saturated carbocycles. The summed E-state index contributed by atoms with van der Waals surface area (Å²) in [5.74, 6) is 0. The number of anilines is 1. The van der Waals surface area contributed by atoms with Crippen LogP contribution in [0.5, 0.6) is 0 Å². The van der Waals surface area contributed by atoms with E-state index in [9.17, 15) is 4.79 Å². The first kappa shape index (κ1) is 14.5. The second kappa shape index (κ2) is 7.02. The van der Waals surface area contributed by atoms with Crippen molar-refractivity contribution < 1.29 is 0 Å². The third-order valence-corrected chi connectivity index (χ3v) is 4.02. The number of halogens is 1. The summed E-state index contributed by atoms with van der Waals surface area (Å²) in [6, 6.07) is 0. The van der Waals surface area contributed by atoms with Gasteiger partial charge in [0.1, 0.15) is 4.47 Å². The quantitative estimate of drug-likeness (QED) is 0.758. The summed E-state index contributed by atoms with van der Waals surface area (Å²) in [5.41, 5.74) is 0.649. The summed E-state index contributed by atoms with van der Waals surface area (Å²) >= 11 is 3.31. The molecular weight excluding hydrogens is 310 g/mol. The van der Waals surface area contributed by atoms with E-state index in [-0.39, 0.29) is 5.56 Å². The predicted octanol–water partition coefficient (Wildman–Crippen LogP) is 0.250. The lowest BCUT2D eigenvalue weighted by atomic mass is 10.3. The van der Waals surface area contributed by atoms with E-state index in [1.165, 1.54) is 4.68 Å². The fraction of sp³-hybridized carbons (Fsp3) is 0.667. The van der Waals surface area contributed by atoms with Gasteiger partial charge in [0, 0.05) is 39.8 Å². The van der Waals surface area contributed by atoms with Gasteiger partial charge in [0.25, 0.3) is 5.56 Å². The van der Waals surface area contributed by atoms with Gasteiger partial charge in [-0.15, -0.1) is 0 Å². The first-order valence-electron chi connectivity index (χ1n) is 6.57. The second-order valence-corrected chi connectivity index (χ2v) is 5.47. The molecule has 0 unspecified atom stereocenters. The van der Waals surface area contributed by atoms with E-state index >= 15 is 0 Å². The molecule has 0 radical (unpaired) electrons. The molecular formula is C12H20BrN5O. The van der Waals surface area contributed by atoms with E-state index in [1.54, 1.807) is 13.2 Å². The van der Waals surface area contributed by atoms with Crippen molar-refractivity contribution in [2.45, 2.75) is 6.42 Å². The Kier molecular flexibility index (Phi) is 5.35. The van der Waals surface area contributed by atoms with Crippen LogP contribution < -0.4 is 16.2 Å². The molecule has 1 aromatic rings. The molecule has 0 aromatic carbocycles. The van der Waals surface area contributed by atoms with Gasteiger partial charge in [0.05, 0.1) is 11.9 Å². The number of nitrogens with one attached hydrogen (secondary N) is 2. The van der Waals surface area contributed by atoms with E-state index in [0.29, 0.717) is 4.47 Å². The Bertz CT molecular complexity index is 470. The van der Waals surface area contributed by atoms with Gasteiger partial charge in [-0.1, -0.05) is 0 Å². The number of aryl methyl sites for hydroxylation is 1. The fourth-order valence-electron chi connectivity index (χ4n) is 2.09. The Hall–Kier alpha value is -0.920. The van der Waals surface area contributed by atoms with Gasteiger partial charge in [0.15, 0.2) is 0 Å². The number of piperazine rings is 1. The average molecular weight is 330 g/mol. The maximum Gasteiger partial charge on any atom is 0.282 e. The van der Waals surface area contributed by atoms with Gasteiger partial charge in [-0.05, 0) is 28.9 Å². The normalized spacial score (nSPS) is 16.5. The number of rotatable bonds is 5. The Labute approximate surface area is 121 Å². The topological polar surface area (TPSA) is 62.2 Å². The van der Waals surface area contributed by atoms with E-state index in [0.717, 1.165) is 51.4 Å². The lowest BCUT2D eigenvalue weighted by Crippen LogP contribution is -2.44. The monoisotopic (exact) mass is 329 g/mol. The molecule has 2 heterocycles. The van der Waals surface area contributed by atoms with Gasteiger partial charge in [-0.3, -0.25) is 4.79 Å². The Morgan fingerprint density at radius 3 is 2.95 bits per heavy atom. The molecule has 1 saturated heterocycles. The van der Waals surface area contributed by atoms with E-state index in [2.05, 4.69) is 36.6 Å². The maximum atomic E-state index is 11.7. The van der Waals surface area contributed by atoms with Gasteiger partial charge >= 0.3 is 0 Å². The summed E-state index contributed by atoms with van der Waals surface area (Å²) in [6.45, 7) is 6.34. The van der Waals surface area contributed by atoms with Gasteiger partial charge < -0.3 is 15.5 Å². The van der Waals surface area contributed by atoms with Crippen molar-refractivity contribution in [3.63, 3.8) is 0 Å². The summed E-state index contributed by atoms with van der Waals surface area (Å²) in [4.78, 5) is 14.1. The van der Waals surface area contributed by atoms with Gasteiger partial charge in [0.2, 0.25) is 0 Å². The molecule has 2 rings (SSSR count). The zero-order valence-electron chi connectivity index (χ0n) is 11.2. The molecule has 1 fully saturated rings. The van der Waals surface area contributed by atoms with Crippen LogP contribution in [0.4, 0.5) is 5.69 Å². The highest BCUT2D eigenvalue weighted by molar-refractivity contribution is 9.10. The van der Waals surface area contributed by atoms with Crippen molar-refractivity contribution in [3.8, 4) is 0 Å². The third-order valence-electron chi connectivity index (χ3n) is 3.25. The van der Waals surface area contributed by atoms with Crippen molar-refractivity contribution in [2.75, 3.05) is 44.6 Å². The number of aromatic nitrogens is 2. The molecule has 106 valence electrons. The maximum absolute atomic E-state index is 11.7. The molecule has 0 atom stereocenters. The van der Waals surface area contributed by atoms with Crippen LogP contribution in [0, 0.1) is 0 Å². The van der Waals surface area contributed by atoms with Gasteiger partial charge in [-0.2, -0.15) is 5.10 Å². The van der Waals surface area contributed by atoms with Crippen LogP contribution >= 0.6 is 15.9 Å². The smallest absolute Gasteiger partial charge is 0.282 e. The van der Waals surface area contributed by atoms with Crippen LogP contribution in [0.15, 0.2) is 15.5 Å². The molecule has 0 bridgehead atoms. The lowest BCUT2D eigenvalue weighted by molar-refractivity contribution is 0.240. The van der Waals surface area contributed by atoms with E-state index < -0.39 is 0 Å². The van der Waals surface area contributed by atoms with Crippen molar-refractivity contribution in [2.24, 2.45) is 7.05 Å². The standard InChI is InChI=1S/C12H20BrN5O/c1-17-12(19)11(13)10(9-16-17)15-3-2-6-18-7-4-14-5-8-18/h9,14-15H,2-8H2,1H3. The predicted molar refractivity (Wildman–Crippen MR) is 79.6 cm³/mol. The Morgan fingerprint density at radius 1 is 1.47 bits per heavy atom. The van der Waals surface area contributed by atoms with Crippen LogP contribution in [-0.4, -0.2) is 53.9 Å². The van der Waals surface area contributed by atoms with E-state index in [4.69, 9.17) is 0 Å². The highest BCUT2D eigenvalue weighted by Crippen LogP contribution is 2.15. The van der Waals surface area contributed by atoms with Crippen LogP contribution in [0.1, 0.15) is 6.42 Å². The number of nitrogens with zero attached hydrogens (tertiary/aromatic N) is 3. The highest BCUT2D eigenvalue weighted by atomic mass is 79.9. The molecule has 19 heavy (non-hydrogen) atoms. The van der Waals surface area contributed by atoms with Crippen molar-refractivity contribution in [1.29, 1.82) is 0 Å². The minimum atomic E-state index is -0.118. The minimum Gasteiger partial charge on any atom is -0.383 e. The summed E-state index contributed by atoms with van der Waals surface area (Å²) in [7, 11) is 1.64. The zero-order chi connectivity index (χ0) is 13.7. The van der Waals surface area contributed by atoms with Crippen LogP contribution in [-0.2, 0) is 7.05 Å². The largest absolute Gasteiger partial charge is 0.383 e. The minimum absolute atomic E-state index is 0.118. The molecule has 0 spiro atoms. The Morgan fingerprint density at radius 2 is 2.21 bits per heavy atom. The second-order valence-electron chi connectivity index (χ2n) is 4.67. The number of hydrogen-bond donors (Lipinski definition) is 2. The van der Waals surface area contributed by atoms with Crippen LogP contribution in [0.2, 0.25) is 0 Å². The number of hydrogen-bond acceptors (Lipinski definition) is 5. The fourth-order valence-corrected chi connectivity index (χ4v) is 2.59. The van der Waals surface area contributed by atoms with Crippen molar-refractivity contribution in [1.82, 2.24) is 20.0 Å². The zero-order valence-corrected chi connectivity index (χ0v) is 12.7. The summed E-state index contributed by atoms with van der Waals surface area (Å²) < 4.78 is 1.86. The summed E-state index contributed by atoms with van der Waals surface area (Å²) in [5, 5.41) is 10.6. The van der Waals surface area contributed by atoms with Crippen molar-refractivity contribution >= 4 is 21.6 Å². The van der Waals surface area contributed by atoms with Crippen molar-refractivity contribution in [3.05, 3.63) is 21.0 Å². The SMILES string of the molecule is Cn1ncc(NCCCN2CCNCC2)c(Br)c1=O. The highest BCUT2D eigenvalue weighted by Gasteiger charge is 2.09. The molecule has 0 aliphatic carbocycles. The first-order valence-corrected chi connectivity index (χ1v) is 7.36. The van der Waals surface area contributed by atoms with Gasteiger partial charge in [-0.25, -0.2) is 4.68 Å².